The van der Waals surface area contributed by atoms with E-state index in [2.05, 4.69) is 16.8 Å². The number of ether oxygens (including phenoxy) is 1. The van der Waals surface area contributed by atoms with Crippen molar-refractivity contribution in [1.29, 1.82) is 0 Å². The van der Waals surface area contributed by atoms with Gasteiger partial charge in [0.15, 0.2) is 0 Å². The minimum Gasteiger partial charge on any atom is -0.370 e. The van der Waals surface area contributed by atoms with Gasteiger partial charge in [0.1, 0.15) is 0 Å². The molecule has 0 radical (unpaired) electrons. The van der Waals surface area contributed by atoms with E-state index in [1.54, 1.807) is 6.07 Å². The summed E-state index contributed by atoms with van der Waals surface area (Å²) < 4.78 is 8.63. The molecule has 0 N–H and O–H groups in total. The third-order valence-electron chi connectivity index (χ3n) is 5.06. The number of hydrogen-bond acceptors (Lipinski definition) is 1. The third-order valence-corrected chi connectivity index (χ3v) is 5.59. The van der Waals surface area contributed by atoms with Crippen molar-refractivity contribution in [3.05, 3.63) is 34.4 Å². The fourth-order valence-corrected chi connectivity index (χ4v) is 4.55. The lowest BCUT2D eigenvalue weighted by molar-refractivity contribution is -0.0414. The molecule has 1 aromatic carbocycles. The predicted molar refractivity (Wildman–Crippen MR) is 87.3 cm³/mol. The molecule has 1 saturated heterocycles. The number of rotatable bonds is 2. The van der Waals surface area contributed by atoms with Crippen molar-refractivity contribution in [2.45, 2.75) is 56.8 Å². The first kappa shape index (κ1) is 13.9. The normalized spacial score (nSPS) is 24.4. The van der Waals surface area contributed by atoms with Crippen LogP contribution in [0.1, 0.15) is 38.5 Å². The van der Waals surface area contributed by atoms with Crippen LogP contribution in [-0.2, 0) is 11.3 Å². The van der Waals surface area contributed by atoms with E-state index in [1.807, 2.05) is 6.07 Å². The minimum absolute atomic E-state index is 0.197. The Labute approximate surface area is 135 Å². The molecule has 1 saturated carbocycles. The lowest BCUT2D eigenvalue weighted by Gasteiger charge is -2.24. The van der Waals surface area contributed by atoms with Crippen molar-refractivity contribution < 1.29 is 4.74 Å². The molecule has 2 aromatic rings. The van der Waals surface area contributed by atoms with Gasteiger partial charge < -0.3 is 9.30 Å². The Kier molecular flexibility index (Phi) is 3.44. The molecule has 4 rings (SSSR count). The maximum absolute atomic E-state index is 6.41. The molecule has 2 aliphatic rings. The molecule has 21 heavy (non-hydrogen) atoms. The second-order valence-electron chi connectivity index (χ2n) is 6.46. The molecule has 112 valence electrons. The quantitative estimate of drug-likeness (QED) is 0.717. The zero-order valence-electron chi connectivity index (χ0n) is 11.9. The molecule has 0 amide bonds. The van der Waals surface area contributed by atoms with Crippen LogP contribution in [0.3, 0.4) is 0 Å². The maximum atomic E-state index is 6.41. The van der Waals surface area contributed by atoms with Crippen LogP contribution in [0.2, 0.25) is 10.0 Å². The highest BCUT2D eigenvalue weighted by Crippen LogP contribution is 2.43. The van der Waals surface area contributed by atoms with Gasteiger partial charge >= 0.3 is 0 Å². The third kappa shape index (κ3) is 2.48. The van der Waals surface area contributed by atoms with E-state index in [1.165, 1.54) is 32.1 Å². The van der Waals surface area contributed by atoms with E-state index in [4.69, 9.17) is 27.9 Å². The SMILES string of the molecule is Clc1cc(Cl)c2ccn(CC3CCC4(CCCC4)O3)c2c1. The van der Waals surface area contributed by atoms with Gasteiger partial charge in [-0.25, -0.2) is 0 Å². The van der Waals surface area contributed by atoms with Crippen LogP contribution in [0.15, 0.2) is 24.4 Å². The van der Waals surface area contributed by atoms with E-state index < -0.39 is 0 Å². The lowest BCUT2D eigenvalue weighted by Crippen LogP contribution is -2.26. The predicted octanol–water partition coefficient (Wildman–Crippen LogP) is 5.44. The Balaban J connectivity index is 1.58. The topological polar surface area (TPSA) is 14.2 Å². The fourth-order valence-electron chi connectivity index (χ4n) is 4.01. The molecule has 2 nitrogen and oxygen atoms in total. The van der Waals surface area contributed by atoms with Gasteiger partial charge in [-0.15, -0.1) is 0 Å². The summed E-state index contributed by atoms with van der Waals surface area (Å²) >= 11 is 12.4. The van der Waals surface area contributed by atoms with Gasteiger partial charge in [-0.2, -0.15) is 0 Å². The Morgan fingerprint density at radius 1 is 1.19 bits per heavy atom. The van der Waals surface area contributed by atoms with Crippen molar-refractivity contribution in [3.8, 4) is 0 Å². The molecular weight excluding hydrogens is 305 g/mol. The average Bonchev–Trinajstić information content (AvgIpc) is 3.14. The van der Waals surface area contributed by atoms with Gasteiger partial charge in [-0.1, -0.05) is 36.0 Å². The molecule has 1 aromatic heterocycles. The highest BCUT2D eigenvalue weighted by Gasteiger charge is 2.42. The second-order valence-corrected chi connectivity index (χ2v) is 7.30. The Bertz CT molecular complexity index is 673. The first-order valence-corrected chi connectivity index (χ1v) is 8.53. The Hall–Kier alpha value is -0.700. The van der Waals surface area contributed by atoms with Crippen molar-refractivity contribution in [1.82, 2.24) is 4.57 Å². The summed E-state index contributed by atoms with van der Waals surface area (Å²) in [6.07, 6.45) is 9.93. The van der Waals surface area contributed by atoms with Crippen LogP contribution >= 0.6 is 23.2 Å². The van der Waals surface area contributed by atoms with Gasteiger partial charge in [0.25, 0.3) is 0 Å². The van der Waals surface area contributed by atoms with Gasteiger partial charge in [0.05, 0.1) is 22.2 Å². The van der Waals surface area contributed by atoms with E-state index in [9.17, 15) is 0 Å². The summed E-state index contributed by atoms with van der Waals surface area (Å²) in [5.74, 6) is 0. The summed E-state index contributed by atoms with van der Waals surface area (Å²) in [5, 5.41) is 2.47. The van der Waals surface area contributed by atoms with Gasteiger partial charge in [-0.3, -0.25) is 0 Å². The van der Waals surface area contributed by atoms with E-state index in [-0.39, 0.29) is 5.60 Å². The molecule has 0 bridgehead atoms. The molecule has 1 aliphatic carbocycles. The summed E-state index contributed by atoms with van der Waals surface area (Å²) in [5.41, 5.74) is 1.30. The minimum atomic E-state index is 0.197. The van der Waals surface area contributed by atoms with E-state index in [0.29, 0.717) is 11.1 Å². The number of hydrogen-bond donors (Lipinski definition) is 0. The van der Waals surface area contributed by atoms with Crippen molar-refractivity contribution >= 4 is 34.1 Å². The summed E-state index contributed by atoms with van der Waals surface area (Å²) in [7, 11) is 0. The van der Waals surface area contributed by atoms with Crippen molar-refractivity contribution in [2.75, 3.05) is 0 Å². The molecule has 4 heteroatoms. The highest BCUT2D eigenvalue weighted by atomic mass is 35.5. The maximum Gasteiger partial charge on any atom is 0.0762 e. The number of fused-ring (bicyclic) bond motifs is 1. The van der Waals surface area contributed by atoms with Crippen molar-refractivity contribution in [2.24, 2.45) is 0 Å². The lowest BCUT2D eigenvalue weighted by atomic mass is 9.98. The van der Waals surface area contributed by atoms with Gasteiger partial charge in [0, 0.05) is 23.2 Å². The van der Waals surface area contributed by atoms with Crippen LogP contribution in [0.4, 0.5) is 0 Å². The summed E-state index contributed by atoms with van der Waals surface area (Å²) in [6.45, 7) is 0.891. The van der Waals surface area contributed by atoms with Gasteiger partial charge in [0.2, 0.25) is 0 Å². The number of halogens is 2. The molecular formula is C17H19Cl2NO. The molecule has 1 spiro atoms. The number of aromatic nitrogens is 1. The number of nitrogens with zero attached hydrogens (tertiary/aromatic N) is 1. The molecule has 1 atom stereocenters. The van der Waals surface area contributed by atoms with Gasteiger partial charge in [-0.05, 0) is 43.9 Å². The zero-order valence-corrected chi connectivity index (χ0v) is 13.5. The van der Waals surface area contributed by atoms with Crippen LogP contribution in [0, 0.1) is 0 Å². The molecule has 2 fully saturated rings. The summed E-state index contributed by atoms with van der Waals surface area (Å²) in [6, 6.07) is 5.85. The Morgan fingerprint density at radius 3 is 2.81 bits per heavy atom. The van der Waals surface area contributed by atoms with Crippen LogP contribution in [0.25, 0.3) is 10.9 Å². The highest BCUT2D eigenvalue weighted by molar-refractivity contribution is 6.38. The summed E-state index contributed by atoms with van der Waals surface area (Å²) in [4.78, 5) is 0. The van der Waals surface area contributed by atoms with E-state index >= 15 is 0 Å². The molecule has 2 heterocycles. The van der Waals surface area contributed by atoms with Crippen LogP contribution in [-0.4, -0.2) is 16.3 Å². The Morgan fingerprint density at radius 2 is 2.00 bits per heavy atom. The van der Waals surface area contributed by atoms with Crippen molar-refractivity contribution in [3.63, 3.8) is 0 Å². The largest absolute Gasteiger partial charge is 0.370 e. The average molecular weight is 324 g/mol. The number of benzene rings is 1. The monoisotopic (exact) mass is 323 g/mol. The van der Waals surface area contributed by atoms with Crippen LogP contribution < -0.4 is 0 Å². The zero-order chi connectivity index (χ0) is 14.4. The van der Waals surface area contributed by atoms with Crippen LogP contribution in [0.5, 0.6) is 0 Å². The first-order valence-electron chi connectivity index (χ1n) is 7.77. The molecule has 1 aliphatic heterocycles. The second kappa shape index (κ2) is 5.19. The fraction of sp³-hybridized carbons (Fsp3) is 0.529. The van der Waals surface area contributed by atoms with E-state index in [0.717, 1.165) is 28.9 Å². The molecule has 1 unspecified atom stereocenters. The smallest absolute Gasteiger partial charge is 0.0762 e. The first-order chi connectivity index (χ1) is 10.2. The standard InChI is InChI=1S/C17H19Cl2NO/c18-12-9-15(19)14-4-8-20(16(14)10-12)11-13-3-7-17(21-13)5-1-2-6-17/h4,8-10,13H,1-3,5-7,11H2.